The first kappa shape index (κ1) is 19.1. The zero-order chi connectivity index (χ0) is 19.9. The second-order valence-corrected chi connectivity index (χ2v) is 8.59. The van der Waals surface area contributed by atoms with Gasteiger partial charge in [0.15, 0.2) is 11.5 Å². The smallest absolute Gasteiger partial charge is 0.416 e. The second-order valence-electron chi connectivity index (χ2n) is 6.70. The van der Waals surface area contributed by atoms with Crippen molar-refractivity contribution in [3.8, 4) is 11.5 Å². The summed E-state index contributed by atoms with van der Waals surface area (Å²) in [6, 6.07) is 8.66. The number of sulfonamides is 1. The Morgan fingerprint density at radius 2 is 1.75 bits per heavy atom. The number of ether oxygens (including phenoxy) is 2. The summed E-state index contributed by atoms with van der Waals surface area (Å²) in [4.78, 5) is -0.355. The third kappa shape index (κ3) is 3.44. The van der Waals surface area contributed by atoms with Crippen molar-refractivity contribution < 1.29 is 31.1 Å². The largest absolute Gasteiger partial charge is 0.486 e. The molecule has 0 bridgehead atoms. The number of nitrogens with zero attached hydrogens (tertiary/aromatic N) is 1. The van der Waals surface area contributed by atoms with Crippen molar-refractivity contribution in [2.45, 2.75) is 30.0 Å². The van der Waals surface area contributed by atoms with E-state index in [1.807, 2.05) is 0 Å². The van der Waals surface area contributed by atoms with Crippen molar-refractivity contribution in [1.82, 2.24) is 4.31 Å². The lowest BCUT2D eigenvalue weighted by Crippen LogP contribution is -2.31. The minimum absolute atomic E-state index is 0.248. The van der Waals surface area contributed by atoms with Crippen LogP contribution in [-0.4, -0.2) is 32.5 Å². The zero-order valence-electron chi connectivity index (χ0n) is 14.8. The molecule has 1 saturated heterocycles. The van der Waals surface area contributed by atoms with E-state index in [-0.39, 0.29) is 11.4 Å². The van der Waals surface area contributed by atoms with E-state index >= 15 is 0 Å². The van der Waals surface area contributed by atoms with Crippen LogP contribution >= 0.6 is 0 Å². The molecule has 0 N–H and O–H groups in total. The van der Waals surface area contributed by atoms with Crippen LogP contribution in [-0.2, 0) is 16.2 Å². The minimum Gasteiger partial charge on any atom is -0.486 e. The number of rotatable bonds is 3. The van der Waals surface area contributed by atoms with Gasteiger partial charge in [-0.3, -0.25) is 0 Å². The standard InChI is InChI=1S/C19H18F3NO4S/c20-19(21,22)14-3-1-4-15(12-14)28(24,25)23-8-2-5-16(23)13-6-7-17-18(11-13)27-10-9-26-17/h1,3-4,6-7,11-12,16H,2,5,8-10H2. The molecule has 2 aromatic rings. The van der Waals surface area contributed by atoms with Crippen LogP contribution in [0.1, 0.15) is 30.0 Å². The summed E-state index contributed by atoms with van der Waals surface area (Å²) in [6.45, 7) is 1.11. The summed E-state index contributed by atoms with van der Waals surface area (Å²) >= 11 is 0. The molecule has 1 atom stereocenters. The molecule has 150 valence electrons. The maximum Gasteiger partial charge on any atom is 0.416 e. The highest BCUT2D eigenvalue weighted by Crippen LogP contribution is 2.41. The van der Waals surface area contributed by atoms with Crippen molar-refractivity contribution in [2.75, 3.05) is 19.8 Å². The molecule has 4 rings (SSSR count). The average molecular weight is 413 g/mol. The highest BCUT2D eigenvalue weighted by Gasteiger charge is 2.38. The van der Waals surface area contributed by atoms with Crippen molar-refractivity contribution >= 4 is 10.0 Å². The number of halogens is 3. The van der Waals surface area contributed by atoms with Crippen molar-refractivity contribution in [2.24, 2.45) is 0 Å². The van der Waals surface area contributed by atoms with Crippen LogP contribution in [0.25, 0.3) is 0 Å². The van der Waals surface area contributed by atoms with Crippen LogP contribution in [0.5, 0.6) is 11.5 Å². The topological polar surface area (TPSA) is 55.8 Å². The summed E-state index contributed by atoms with van der Waals surface area (Å²) in [5.41, 5.74) is -0.249. The molecule has 28 heavy (non-hydrogen) atoms. The molecular weight excluding hydrogens is 395 g/mol. The predicted octanol–water partition coefficient (Wildman–Crippen LogP) is 4.00. The molecule has 0 amide bonds. The first-order valence-electron chi connectivity index (χ1n) is 8.85. The van der Waals surface area contributed by atoms with Crippen molar-refractivity contribution in [3.63, 3.8) is 0 Å². The van der Waals surface area contributed by atoms with Gasteiger partial charge in [-0.25, -0.2) is 8.42 Å². The van der Waals surface area contributed by atoms with Gasteiger partial charge in [0.05, 0.1) is 16.5 Å². The fourth-order valence-corrected chi connectivity index (χ4v) is 5.33. The quantitative estimate of drug-likeness (QED) is 0.763. The lowest BCUT2D eigenvalue weighted by molar-refractivity contribution is -0.137. The lowest BCUT2D eigenvalue weighted by Gasteiger charge is -2.26. The van der Waals surface area contributed by atoms with Gasteiger partial charge in [-0.1, -0.05) is 12.1 Å². The molecule has 0 aliphatic carbocycles. The van der Waals surface area contributed by atoms with E-state index in [0.717, 1.165) is 17.7 Å². The molecule has 1 fully saturated rings. The number of benzene rings is 2. The lowest BCUT2D eigenvalue weighted by atomic mass is 10.0. The first-order chi connectivity index (χ1) is 13.3. The van der Waals surface area contributed by atoms with Gasteiger partial charge in [-0.2, -0.15) is 17.5 Å². The number of fused-ring (bicyclic) bond motifs is 1. The Morgan fingerprint density at radius 3 is 2.50 bits per heavy atom. The van der Waals surface area contributed by atoms with E-state index in [9.17, 15) is 21.6 Å². The molecule has 5 nitrogen and oxygen atoms in total. The Morgan fingerprint density at radius 1 is 1.00 bits per heavy atom. The monoisotopic (exact) mass is 413 g/mol. The summed E-state index contributed by atoms with van der Waals surface area (Å²) in [7, 11) is -4.08. The maximum absolute atomic E-state index is 13.1. The van der Waals surface area contributed by atoms with Gasteiger partial charge in [0, 0.05) is 6.54 Å². The minimum atomic E-state index is -4.61. The molecule has 9 heteroatoms. The summed E-state index contributed by atoms with van der Waals surface area (Å²) in [5.74, 6) is 1.15. The fraction of sp³-hybridized carbons (Fsp3) is 0.368. The van der Waals surface area contributed by atoms with Gasteiger partial charge in [-0.05, 0) is 48.7 Å². The van der Waals surface area contributed by atoms with E-state index in [2.05, 4.69) is 0 Å². The Bertz CT molecular complexity index is 991. The van der Waals surface area contributed by atoms with Crippen LogP contribution in [0.4, 0.5) is 13.2 Å². The zero-order valence-corrected chi connectivity index (χ0v) is 15.6. The van der Waals surface area contributed by atoms with E-state index < -0.39 is 27.8 Å². The molecule has 0 spiro atoms. The molecule has 2 aliphatic heterocycles. The Labute approximate surface area is 160 Å². The molecule has 0 radical (unpaired) electrons. The van der Waals surface area contributed by atoms with E-state index in [1.165, 1.54) is 10.4 Å². The van der Waals surface area contributed by atoms with Crippen LogP contribution < -0.4 is 9.47 Å². The summed E-state index contributed by atoms with van der Waals surface area (Å²) in [5, 5.41) is 0. The Balaban J connectivity index is 1.68. The molecule has 2 aliphatic rings. The average Bonchev–Trinajstić information content (AvgIpc) is 3.18. The van der Waals surface area contributed by atoms with Gasteiger partial charge in [0.2, 0.25) is 10.0 Å². The molecule has 0 aromatic heterocycles. The SMILES string of the molecule is O=S(=O)(c1cccc(C(F)(F)F)c1)N1CCCC1c1ccc2c(c1)OCCO2. The fourth-order valence-electron chi connectivity index (χ4n) is 3.60. The summed E-state index contributed by atoms with van der Waals surface area (Å²) in [6.07, 6.45) is -3.40. The van der Waals surface area contributed by atoms with Crippen LogP contribution in [0.3, 0.4) is 0 Å². The summed E-state index contributed by atoms with van der Waals surface area (Å²) < 4.78 is 77.5. The second kappa shape index (κ2) is 6.97. The maximum atomic E-state index is 13.1. The van der Waals surface area contributed by atoms with Gasteiger partial charge in [0.1, 0.15) is 13.2 Å². The molecular formula is C19H18F3NO4S. The number of alkyl halides is 3. The highest BCUT2D eigenvalue weighted by atomic mass is 32.2. The van der Waals surface area contributed by atoms with E-state index in [4.69, 9.17) is 9.47 Å². The molecule has 1 unspecified atom stereocenters. The normalized spacial score (nSPS) is 20.3. The van der Waals surface area contributed by atoms with E-state index in [1.54, 1.807) is 18.2 Å². The highest BCUT2D eigenvalue weighted by molar-refractivity contribution is 7.89. The molecule has 2 heterocycles. The first-order valence-corrected chi connectivity index (χ1v) is 10.3. The third-order valence-electron chi connectivity index (χ3n) is 4.92. The third-order valence-corrected chi connectivity index (χ3v) is 6.83. The van der Waals surface area contributed by atoms with Gasteiger partial charge in [-0.15, -0.1) is 0 Å². The molecule has 0 saturated carbocycles. The van der Waals surface area contributed by atoms with Gasteiger partial charge >= 0.3 is 6.18 Å². The van der Waals surface area contributed by atoms with Gasteiger partial charge in [0.25, 0.3) is 0 Å². The number of hydrogen-bond donors (Lipinski definition) is 0. The van der Waals surface area contributed by atoms with Crippen LogP contribution in [0, 0.1) is 0 Å². The Kier molecular flexibility index (Phi) is 4.75. The molecule has 2 aromatic carbocycles. The van der Waals surface area contributed by atoms with Crippen molar-refractivity contribution in [1.29, 1.82) is 0 Å². The van der Waals surface area contributed by atoms with Gasteiger partial charge < -0.3 is 9.47 Å². The predicted molar refractivity (Wildman–Crippen MR) is 94.7 cm³/mol. The van der Waals surface area contributed by atoms with Crippen LogP contribution in [0.2, 0.25) is 0 Å². The van der Waals surface area contributed by atoms with Crippen molar-refractivity contribution in [3.05, 3.63) is 53.6 Å². The van der Waals surface area contributed by atoms with Crippen LogP contribution in [0.15, 0.2) is 47.4 Å². The van der Waals surface area contributed by atoms with E-state index in [0.29, 0.717) is 43.6 Å². The Hall–Kier alpha value is -2.26. The number of hydrogen-bond acceptors (Lipinski definition) is 4.